The van der Waals surface area contributed by atoms with E-state index >= 15 is 0 Å². The topological polar surface area (TPSA) is 178 Å². The Kier molecular flexibility index (Phi) is 9.70. The number of nitrogens with one attached hydrogen (secondary N) is 2. The number of aromatic nitrogens is 2. The van der Waals surface area contributed by atoms with Gasteiger partial charge in [0.15, 0.2) is 11.5 Å². The van der Waals surface area contributed by atoms with Gasteiger partial charge >= 0.3 is 0 Å². The molecule has 2 aromatic carbocycles. The summed E-state index contributed by atoms with van der Waals surface area (Å²) in [6.07, 6.45) is 7.15. The van der Waals surface area contributed by atoms with Crippen LogP contribution >= 0.6 is 0 Å². The first kappa shape index (κ1) is 37.7. The fourth-order valence-electron chi connectivity index (χ4n) is 8.14. The molecule has 2 aromatic heterocycles. The minimum absolute atomic E-state index is 0.0139. The van der Waals surface area contributed by atoms with Crippen molar-refractivity contribution in [2.75, 3.05) is 6.54 Å². The number of sulfonamides is 1. The highest BCUT2D eigenvalue weighted by Gasteiger charge is 2.62. The van der Waals surface area contributed by atoms with Crippen LogP contribution in [0.15, 0.2) is 65.2 Å². The summed E-state index contributed by atoms with van der Waals surface area (Å²) in [4.78, 5) is 62.6. The number of ether oxygens (including phenoxy) is 1. The van der Waals surface area contributed by atoms with E-state index in [4.69, 9.17) is 9.26 Å². The van der Waals surface area contributed by atoms with E-state index < -0.39 is 67.7 Å². The number of halogens is 1. The molecule has 0 bridgehead atoms. The van der Waals surface area contributed by atoms with Gasteiger partial charge in [-0.1, -0.05) is 48.3 Å². The Labute approximate surface area is 323 Å². The van der Waals surface area contributed by atoms with E-state index in [9.17, 15) is 32.0 Å². The van der Waals surface area contributed by atoms with Gasteiger partial charge in [0.2, 0.25) is 27.7 Å². The van der Waals surface area contributed by atoms with Crippen molar-refractivity contribution in [3.8, 4) is 5.88 Å². The molecule has 3 amide bonds. The minimum atomic E-state index is -3.98. The molecule has 4 heterocycles. The van der Waals surface area contributed by atoms with E-state index in [2.05, 4.69) is 20.2 Å². The molecule has 2 aliphatic heterocycles. The smallest absolute Gasteiger partial charge is 0.274 e. The molecule has 3 fully saturated rings. The van der Waals surface area contributed by atoms with Gasteiger partial charge < -0.3 is 19.5 Å². The maximum atomic E-state index is 14.6. The highest BCUT2D eigenvalue weighted by molar-refractivity contribution is 7.91. The average Bonchev–Trinajstić information content (AvgIpc) is 3.97. The molecule has 8 rings (SSSR count). The summed E-state index contributed by atoms with van der Waals surface area (Å²) >= 11 is 0. The molecule has 56 heavy (non-hydrogen) atoms. The van der Waals surface area contributed by atoms with Gasteiger partial charge in [0.1, 0.15) is 23.7 Å². The summed E-state index contributed by atoms with van der Waals surface area (Å²) in [6, 6.07) is 11.1. The molecular formula is C41H44FN5O8S. The summed E-state index contributed by atoms with van der Waals surface area (Å²) in [7, 11) is -3.98. The van der Waals surface area contributed by atoms with Crippen LogP contribution in [-0.2, 0) is 24.4 Å². The van der Waals surface area contributed by atoms with Crippen LogP contribution in [0, 0.1) is 24.1 Å². The van der Waals surface area contributed by atoms with Crippen molar-refractivity contribution in [3.05, 3.63) is 78.0 Å². The molecule has 2 saturated carbocycles. The number of ketones is 1. The van der Waals surface area contributed by atoms with Gasteiger partial charge in [-0.15, -0.1) is 0 Å². The van der Waals surface area contributed by atoms with Crippen molar-refractivity contribution >= 4 is 55.2 Å². The maximum Gasteiger partial charge on any atom is 0.274 e. The van der Waals surface area contributed by atoms with E-state index in [-0.39, 0.29) is 43.3 Å². The predicted octanol–water partition coefficient (Wildman–Crippen LogP) is 5.45. The number of carbonyl (C=O) groups excluding carboxylic acids is 4. The van der Waals surface area contributed by atoms with Gasteiger partial charge in [-0.25, -0.2) is 17.8 Å². The number of Topliss-reactive ketones (excluding diaryl/α,β-unsaturated/α-hetero) is 1. The molecule has 1 saturated heterocycles. The van der Waals surface area contributed by atoms with E-state index in [0.29, 0.717) is 48.8 Å². The Morgan fingerprint density at radius 3 is 2.57 bits per heavy atom. The molecule has 0 radical (unpaired) electrons. The second kappa shape index (κ2) is 14.4. The largest absolute Gasteiger partial charge is 0.472 e. The first-order valence-corrected chi connectivity index (χ1v) is 20.7. The first-order valence-electron chi connectivity index (χ1n) is 19.2. The second-order valence-electron chi connectivity index (χ2n) is 16.0. The van der Waals surface area contributed by atoms with E-state index in [1.807, 2.05) is 36.4 Å². The van der Waals surface area contributed by atoms with Gasteiger partial charge in [0.25, 0.3) is 5.91 Å². The van der Waals surface area contributed by atoms with E-state index in [0.717, 1.165) is 23.6 Å². The SMILES string of the molecule is Cc1cc(C(=O)N[C@H]2CCCCC/C=C\[C@@H]3C[C@@]3(C(=O)NS(=O)(=O)C3(C)CC3)CC(=O)[C@@H]3C[C@@H](Oc4nc5cc(F)ccc5c5ccccc45)CN3C2=O)no1. The monoisotopic (exact) mass is 785 g/mol. The number of hydrogen-bond acceptors (Lipinski definition) is 10. The lowest BCUT2D eigenvalue weighted by Crippen LogP contribution is -2.52. The Morgan fingerprint density at radius 2 is 1.82 bits per heavy atom. The van der Waals surface area contributed by atoms with Crippen LogP contribution in [0.1, 0.15) is 87.4 Å². The molecular weight excluding hydrogens is 742 g/mol. The van der Waals surface area contributed by atoms with Crippen molar-refractivity contribution in [1.82, 2.24) is 25.1 Å². The molecule has 15 heteroatoms. The fourth-order valence-corrected chi connectivity index (χ4v) is 9.47. The third-order valence-electron chi connectivity index (χ3n) is 11.9. The van der Waals surface area contributed by atoms with Crippen LogP contribution in [-0.4, -0.2) is 76.4 Å². The van der Waals surface area contributed by atoms with Crippen LogP contribution < -0.4 is 14.8 Å². The minimum Gasteiger partial charge on any atom is -0.472 e. The Morgan fingerprint density at radius 1 is 1.04 bits per heavy atom. The molecule has 2 N–H and O–H groups in total. The second-order valence-corrected chi connectivity index (χ2v) is 18.2. The maximum absolute atomic E-state index is 14.6. The number of aryl methyl sites for hydroxylation is 1. The lowest BCUT2D eigenvalue weighted by atomic mass is 9.91. The number of allylic oxidation sites excluding steroid dienone is 2. The molecule has 4 aromatic rings. The lowest BCUT2D eigenvalue weighted by molar-refractivity contribution is -0.140. The van der Waals surface area contributed by atoms with Crippen molar-refractivity contribution in [3.63, 3.8) is 0 Å². The molecule has 0 spiro atoms. The highest BCUT2D eigenvalue weighted by Crippen LogP contribution is 2.57. The number of benzene rings is 2. The van der Waals surface area contributed by atoms with Crippen LogP contribution in [0.25, 0.3) is 21.7 Å². The van der Waals surface area contributed by atoms with Crippen molar-refractivity contribution in [1.29, 1.82) is 0 Å². The zero-order valence-corrected chi connectivity index (χ0v) is 32.1. The number of nitrogens with zero attached hydrogens (tertiary/aromatic N) is 3. The van der Waals surface area contributed by atoms with Crippen molar-refractivity contribution in [2.45, 2.75) is 101 Å². The lowest BCUT2D eigenvalue weighted by Gasteiger charge is -2.29. The average molecular weight is 786 g/mol. The fraction of sp³-hybridized carbons (Fsp3) is 0.463. The Bertz CT molecular complexity index is 2390. The zero-order valence-electron chi connectivity index (χ0n) is 31.3. The first-order chi connectivity index (χ1) is 26.8. The number of rotatable bonds is 7. The van der Waals surface area contributed by atoms with Crippen molar-refractivity contribution in [2.24, 2.45) is 11.3 Å². The highest BCUT2D eigenvalue weighted by atomic mass is 32.2. The number of fused-ring (bicyclic) bond motifs is 5. The standard InChI is InChI=1S/C41H44FN5O8S/c1-24-18-33(45-55-24)36(49)43-31-13-7-5-3-4-6-10-25-21-41(25,39(51)46-56(52,53)40(2)16-17-40)22-35(48)34-20-27(23-47(34)38(31)50)54-37-30-12-9-8-11-28(30)29-15-14-26(42)19-32(29)44-37/h6,8-12,14-15,18-19,25,27,31,34H,3-5,7,13,16-17,20-23H2,1-2H3,(H,43,49)(H,46,51)/b10-6-/t25-,27-,31+,34+,41-/m1/s1. The van der Waals surface area contributed by atoms with Crippen LogP contribution in [0.4, 0.5) is 4.39 Å². The number of amides is 3. The van der Waals surface area contributed by atoms with Gasteiger partial charge in [-0.3, -0.25) is 23.9 Å². The summed E-state index contributed by atoms with van der Waals surface area (Å²) in [6.45, 7) is 3.20. The number of carbonyl (C=O) groups is 4. The van der Waals surface area contributed by atoms with Gasteiger partial charge in [0, 0.05) is 35.7 Å². The van der Waals surface area contributed by atoms with Gasteiger partial charge in [-0.2, -0.15) is 0 Å². The number of pyridine rings is 1. The third-order valence-corrected chi connectivity index (χ3v) is 14.1. The zero-order chi connectivity index (χ0) is 39.4. The molecule has 294 valence electrons. The Balaban J connectivity index is 1.13. The number of hydrogen-bond donors (Lipinski definition) is 2. The molecule has 0 unspecified atom stereocenters. The van der Waals surface area contributed by atoms with Crippen molar-refractivity contribution < 1.29 is 41.2 Å². The Hall–Kier alpha value is -5.18. The van der Waals surface area contributed by atoms with Crippen LogP contribution in [0.5, 0.6) is 5.88 Å². The van der Waals surface area contributed by atoms with E-state index in [1.54, 1.807) is 19.9 Å². The predicted molar refractivity (Wildman–Crippen MR) is 203 cm³/mol. The molecule has 5 atom stereocenters. The quantitative estimate of drug-likeness (QED) is 0.181. The van der Waals surface area contributed by atoms with E-state index in [1.165, 1.54) is 23.1 Å². The summed E-state index contributed by atoms with van der Waals surface area (Å²) in [5.41, 5.74) is -0.918. The van der Waals surface area contributed by atoms with Gasteiger partial charge in [-0.05, 0) is 81.9 Å². The molecule has 4 aliphatic rings. The summed E-state index contributed by atoms with van der Waals surface area (Å²) in [5.74, 6) is -2.42. The normalized spacial score (nSPS) is 27.1. The van der Waals surface area contributed by atoms with Crippen LogP contribution in [0.3, 0.4) is 0 Å². The summed E-state index contributed by atoms with van der Waals surface area (Å²) < 4.78 is 53.7. The third kappa shape index (κ3) is 7.17. The van der Waals surface area contributed by atoms with Gasteiger partial charge in [0.05, 0.1) is 28.3 Å². The molecule has 2 aliphatic carbocycles. The summed E-state index contributed by atoms with van der Waals surface area (Å²) in [5, 5.41) is 8.81. The molecule has 13 nitrogen and oxygen atoms in total. The van der Waals surface area contributed by atoms with Crippen LogP contribution in [0.2, 0.25) is 0 Å².